The van der Waals surface area contributed by atoms with Crippen LogP contribution in [0.1, 0.15) is 49.7 Å². The monoisotopic (exact) mass is 497 g/mol. The molecule has 0 radical (unpaired) electrons. The molecule has 2 aromatic carbocycles. The number of rotatable bonds is 3. The number of nitrogens with two attached hydrogens (primary N) is 1. The summed E-state index contributed by atoms with van der Waals surface area (Å²) in [6.45, 7) is 2.03. The van der Waals surface area contributed by atoms with Gasteiger partial charge in [0.1, 0.15) is 12.4 Å². The van der Waals surface area contributed by atoms with Crippen LogP contribution >= 0.6 is 11.6 Å². The number of ether oxygens (including phenoxy) is 1. The largest absolute Gasteiger partial charge is 0.491 e. The van der Waals surface area contributed by atoms with E-state index >= 15 is 0 Å². The fraction of sp³-hybridized carbons (Fsp3) is 0.500. The number of benzene rings is 2. The average Bonchev–Trinajstić information content (AvgIpc) is 2.87. The molecule has 3 N–H and O–H groups in total. The van der Waals surface area contributed by atoms with Crippen LogP contribution in [0, 0.1) is 5.41 Å². The summed E-state index contributed by atoms with van der Waals surface area (Å²) in [6, 6.07) is 15.0. The lowest BCUT2D eigenvalue weighted by molar-refractivity contribution is -0.141. The van der Waals surface area contributed by atoms with Crippen LogP contribution in [0.2, 0.25) is 5.02 Å². The van der Waals surface area contributed by atoms with Crippen LogP contribution in [0.4, 0.5) is 0 Å². The van der Waals surface area contributed by atoms with E-state index in [0.29, 0.717) is 50.5 Å². The van der Waals surface area contributed by atoms with Crippen molar-refractivity contribution in [1.29, 1.82) is 0 Å². The summed E-state index contributed by atoms with van der Waals surface area (Å²) in [7, 11) is 0. The van der Waals surface area contributed by atoms with Crippen molar-refractivity contribution in [2.45, 2.75) is 57.4 Å². The van der Waals surface area contributed by atoms with Gasteiger partial charge in [-0.2, -0.15) is 0 Å². The van der Waals surface area contributed by atoms with Gasteiger partial charge in [-0.25, -0.2) is 0 Å². The number of carbonyl (C=O) groups is 2. The predicted molar refractivity (Wildman–Crippen MR) is 138 cm³/mol. The van der Waals surface area contributed by atoms with Gasteiger partial charge in [-0.3, -0.25) is 9.59 Å². The number of hydrogen-bond acceptors (Lipinski definition) is 4. The van der Waals surface area contributed by atoms with Gasteiger partial charge in [-0.05, 0) is 67.9 Å². The number of carbonyl (C=O) groups excluding carboxylic acids is 2. The Hall–Kier alpha value is -2.57. The Kier molecular flexibility index (Phi) is 8.69. The number of hydrogen-bond donors (Lipinski definition) is 2. The quantitative estimate of drug-likeness (QED) is 0.667. The predicted octanol–water partition coefficient (Wildman–Crippen LogP) is 4.13. The summed E-state index contributed by atoms with van der Waals surface area (Å²) in [6.07, 6.45) is 6.74. The van der Waals surface area contributed by atoms with E-state index in [1.807, 2.05) is 47.4 Å². The molecule has 2 amide bonds. The van der Waals surface area contributed by atoms with Crippen molar-refractivity contribution in [2.24, 2.45) is 11.1 Å². The average molecular weight is 498 g/mol. The number of halogens is 1. The lowest BCUT2D eigenvalue weighted by Gasteiger charge is -2.41. The standard InChI is InChI=1S/C28H36ClN3O3/c29-23-10-6-7-21(19-23)20-24(30)26(33)32-16-13-28(14-17-32)12-5-1-2-8-22-9-3-4-11-25(22)35-18-15-31-27(28)34/h3-4,6-7,9-11,19,24H,1-2,5,8,12-18,20,30H2,(H,31,34)/t24-/m0/s1. The molecule has 1 spiro atoms. The molecular weight excluding hydrogens is 462 g/mol. The molecule has 0 saturated carbocycles. The number of para-hydroxylation sites is 1. The third kappa shape index (κ3) is 6.56. The molecule has 6 nitrogen and oxygen atoms in total. The minimum Gasteiger partial charge on any atom is -0.491 e. The molecule has 1 saturated heterocycles. The highest BCUT2D eigenvalue weighted by Gasteiger charge is 2.42. The molecule has 1 fully saturated rings. The molecule has 0 bridgehead atoms. The van der Waals surface area contributed by atoms with Crippen molar-refractivity contribution in [3.63, 3.8) is 0 Å². The number of nitrogens with one attached hydrogen (secondary N) is 1. The van der Waals surface area contributed by atoms with Gasteiger partial charge in [0.15, 0.2) is 0 Å². The lowest BCUT2D eigenvalue weighted by atomic mass is 9.73. The van der Waals surface area contributed by atoms with E-state index in [1.165, 1.54) is 5.56 Å². The molecule has 2 aliphatic rings. The molecule has 7 heteroatoms. The highest BCUT2D eigenvalue weighted by molar-refractivity contribution is 6.30. The zero-order chi connectivity index (χ0) is 24.7. The second kappa shape index (κ2) is 11.9. The summed E-state index contributed by atoms with van der Waals surface area (Å²) in [5.41, 5.74) is 8.01. The van der Waals surface area contributed by atoms with Crippen molar-refractivity contribution in [2.75, 3.05) is 26.2 Å². The zero-order valence-corrected chi connectivity index (χ0v) is 21.1. The Morgan fingerprint density at radius 3 is 2.69 bits per heavy atom. The number of amides is 2. The molecule has 188 valence electrons. The van der Waals surface area contributed by atoms with E-state index in [4.69, 9.17) is 22.1 Å². The van der Waals surface area contributed by atoms with E-state index in [2.05, 4.69) is 11.4 Å². The SMILES string of the molecule is N[C@@H](Cc1cccc(Cl)c1)C(=O)N1CCC2(CCCCCc3ccccc3OCCNC2=O)CC1. The summed E-state index contributed by atoms with van der Waals surface area (Å²) in [5.74, 6) is 0.941. The van der Waals surface area contributed by atoms with Crippen LogP contribution in [0.5, 0.6) is 5.75 Å². The maximum Gasteiger partial charge on any atom is 0.239 e. The first-order valence-electron chi connectivity index (χ1n) is 12.7. The van der Waals surface area contributed by atoms with E-state index in [9.17, 15) is 9.59 Å². The maximum absolute atomic E-state index is 13.3. The summed E-state index contributed by atoms with van der Waals surface area (Å²) in [5, 5.41) is 3.75. The Morgan fingerprint density at radius 1 is 1.09 bits per heavy atom. The molecule has 0 unspecified atom stereocenters. The van der Waals surface area contributed by atoms with Crippen molar-refractivity contribution in [3.05, 3.63) is 64.7 Å². The number of aryl methyl sites for hydroxylation is 1. The summed E-state index contributed by atoms with van der Waals surface area (Å²) >= 11 is 6.07. The van der Waals surface area contributed by atoms with Gasteiger partial charge in [0.05, 0.1) is 18.0 Å². The molecular formula is C28H36ClN3O3. The van der Waals surface area contributed by atoms with Gasteiger partial charge < -0.3 is 20.7 Å². The second-order valence-corrected chi connectivity index (χ2v) is 10.3. The smallest absolute Gasteiger partial charge is 0.239 e. The Bertz CT molecular complexity index is 1020. The Morgan fingerprint density at radius 2 is 1.89 bits per heavy atom. The van der Waals surface area contributed by atoms with Crippen molar-refractivity contribution in [3.8, 4) is 5.75 Å². The number of likely N-dealkylation sites (tertiary alicyclic amines) is 1. The van der Waals surface area contributed by atoms with E-state index in [1.54, 1.807) is 0 Å². The van der Waals surface area contributed by atoms with Crippen LogP contribution in [-0.4, -0.2) is 49.0 Å². The van der Waals surface area contributed by atoms with Crippen LogP contribution in [-0.2, 0) is 22.4 Å². The van der Waals surface area contributed by atoms with Gasteiger partial charge in [0, 0.05) is 18.1 Å². The molecule has 2 aromatic rings. The first-order chi connectivity index (χ1) is 17.0. The fourth-order valence-corrected chi connectivity index (χ4v) is 5.52. The van der Waals surface area contributed by atoms with Gasteiger partial charge in [-0.1, -0.05) is 54.8 Å². The number of fused-ring (bicyclic) bond motifs is 1. The Balaban J connectivity index is 1.35. The molecule has 0 aromatic heterocycles. The minimum absolute atomic E-state index is 0.0592. The van der Waals surface area contributed by atoms with E-state index < -0.39 is 11.5 Å². The molecule has 2 aliphatic heterocycles. The molecule has 35 heavy (non-hydrogen) atoms. The molecule has 2 heterocycles. The third-order valence-corrected chi connectivity index (χ3v) is 7.63. The van der Waals surface area contributed by atoms with Crippen LogP contribution in [0.15, 0.2) is 48.5 Å². The maximum atomic E-state index is 13.3. The highest BCUT2D eigenvalue weighted by atomic mass is 35.5. The molecule has 1 atom stereocenters. The van der Waals surface area contributed by atoms with Crippen molar-refractivity contribution >= 4 is 23.4 Å². The fourth-order valence-electron chi connectivity index (χ4n) is 5.31. The van der Waals surface area contributed by atoms with Crippen LogP contribution in [0.3, 0.4) is 0 Å². The Labute approximate surface area is 213 Å². The van der Waals surface area contributed by atoms with E-state index in [0.717, 1.165) is 43.4 Å². The van der Waals surface area contributed by atoms with Gasteiger partial charge in [-0.15, -0.1) is 0 Å². The number of piperidine rings is 1. The highest BCUT2D eigenvalue weighted by Crippen LogP contribution is 2.38. The number of nitrogens with zero attached hydrogens (tertiary/aromatic N) is 1. The third-order valence-electron chi connectivity index (χ3n) is 7.39. The summed E-state index contributed by atoms with van der Waals surface area (Å²) < 4.78 is 5.97. The normalized spacial score (nSPS) is 19.8. The van der Waals surface area contributed by atoms with E-state index in [-0.39, 0.29) is 11.8 Å². The minimum atomic E-state index is -0.616. The van der Waals surface area contributed by atoms with Gasteiger partial charge in [0.2, 0.25) is 11.8 Å². The molecule has 0 aliphatic carbocycles. The lowest BCUT2D eigenvalue weighted by Crippen LogP contribution is -2.53. The first kappa shape index (κ1) is 25.5. The zero-order valence-electron chi connectivity index (χ0n) is 20.3. The second-order valence-electron chi connectivity index (χ2n) is 9.82. The van der Waals surface area contributed by atoms with Crippen LogP contribution in [0.25, 0.3) is 0 Å². The van der Waals surface area contributed by atoms with Crippen molar-refractivity contribution < 1.29 is 14.3 Å². The van der Waals surface area contributed by atoms with Gasteiger partial charge >= 0.3 is 0 Å². The van der Waals surface area contributed by atoms with Crippen molar-refractivity contribution in [1.82, 2.24) is 10.2 Å². The molecule has 4 rings (SSSR count). The first-order valence-corrected chi connectivity index (χ1v) is 13.1. The van der Waals surface area contributed by atoms with Crippen LogP contribution < -0.4 is 15.8 Å². The van der Waals surface area contributed by atoms with Gasteiger partial charge in [0.25, 0.3) is 0 Å². The summed E-state index contributed by atoms with van der Waals surface area (Å²) in [4.78, 5) is 28.2. The topological polar surface area (TPSA) is 84.7 Å².